The Labute approximate surface area is 191 Å². The predicted molar refractivity (Wildman–Crippen MR) is 124 cm³/mol. The van der Waals surface area contributed by atoms with E-state index in [0.717, 1.165) is 61.8 Å². The fourth-order valence-electron chi connectivity index (χ4n) is 4.16. The molecule has 1 aromatic heterocycles. The van der Waals surface area contributed by atoms with Gasteiger partial charge in [0.05, 0.1) is 23.3 Å². The van der Waals surface area contributed by atoms with Crippen molar-refractivity contribution in [2.75, 3.05) is 19.0 Å². The van der Waals surface area contributed by atoms with Gasteiger partial charge in [0.1, 0.15) is 17.9 Å². The van der Waals surface area contributed by atoms with Crippen molar-refractivity contribution in [3.05, 3.63) is 53.1 Å². The van der Waals surface area contributed by atoms with Crippen molar-refractivity contribution in [3.8, 4) is 5.75 Å². The number of hydrogen-bond donors (Lipinski definition) is 2. The molecule has 4 rings (SSSR count). The lowest BCUT2D eigenvalue weighted by atomic mass is 9.92. The molecule has 0 bridgehead atoms. The first kappa shape index (κ1) is 22.3. The summed E-state index contributed by atoms with van der Waals surface area (Å²) in [7, 11) is 1.64. The van der Waals surface area contributed by atoms with Gasteiger partial charge in [0.25, 0.3) is 0 Å². The van der Waals surface area contributed by atoms with E-state index >= 15 is 0 Å². The van der Waals surface area contributed by atoms with Crippen LogP contribution in [0.1, 0.15) is 37.7 Å². The summed E-state index contributed by atoms with van der Waals surface area (Å²) in [5.41, 5.74) is 1.97. The normalized spacial score (nSPS) is 16.1. The van der Waals surface area contributed by atoms with Crippen LogP contribution in [0, 0.1) is 11.7 Å². The van der Waals surface area contributed by atoms with Gasteiger partial charge in [0, 0.05) is 23.9 Å². The summed E-state index contributed by atoms with van der Waals surface area (Å²) in [5, 5.41) is 6.80. The third-order valence-corrected chi connectivity index (χ3v) is 6.18. The number of anilines is 2. The molecule has 8 heteroatoms. The summed E-state index contributed by atoms with van der Waals surface area (Å²) in [6.45, 7) is 0.793. The van der Waals surface area contributed by atoms with Gasteiger partial charge in [-0.3, -0.25) is 4.79 Å². The van der Waals surface area contributed by atoms with E-state index in [-0.39, 0.29) is 22.5 Å². The largest absolute Gasteiger partial charge is 0.496 e. The molecule has 0 saturated carbocycles. The molecule has 2 aromatic carbocycles. The molecule has 1 saturated heterocycles. The Morgan fingerprint density at radius 2 is 2.16 bits per heavy atom. The molecule has 6 nitrogen and oxygen atoms in total. The first-order valence-corrected chi connectivity index (χ1v) is 11.2. The Kier molecular flexibility index (Phi) is 7.05. The van der Waals surface area contributed by atoms with Crippen molar-refractivity contribution >= 4 is 39.9 Å². The van der Waals surface area contributed by atoms with Crippen LogP contribution in [0.25, 0.3) is 10.9 Å². The Morgan fingerprint density at radius 3 is 2.97 bits per heavy atom. The van der Waals surface area contributed by atoms with Gasteiger partial charge in [-0.1, -0.05) is 24.1 Å². The number of aryl methyl sites for hydroxylation is 1. The van der Waals surface area contributed by atoms with Crippen LogP contribution in [0.15, 0.2) is 36.7 Å². The minimum Gasteiger partial charge on any atom is -0.496 e. The van der Waals surface area contributed by atoms with Crippen LogP contribution in [0.2, 0.25) is 5.02 Å². The number of hydrogen-bond acceptors (Lipinski definition) is 5. The van der Waals surface area contributed by atoms with Crippen molar-refractivity contribution in [1.82, 2.24) is 15.3 Å². The lowest BCUT2D eigenvalue weighted by Gasteiger charge is -2.21. The molecule has 2 N–H and O–H groups in total. The number of carbonyl (C=O) groups is 1. The highest BCUT2D eigenvalue weighted by Crippen LogP contribution is 2.32. The average molecular weight is 457 g/mol. The van der Waals surface area contributed by atoms with Gasteiger partial charge in [0.15, 0.2) is 5.82 Å². The first-order chi connectivity index (χ1) is 15.6. The fourth-order valence-corrected chi connectivity index (χ4v) is 4.33. The fraction of sp³-hybridized carbons (Fsp3) is 0.375. The number of ether oxygens (including phenoxy) is 1. The zero-order chi connectivity index (χ0) is 22.5. The van der Waals surface area contributed by atoms with Crippen LogP contribution >= 0.6 is 11.6 Å². The summed E-state index contributed by atoms with van der Waals surface area (Å²) in [6, 6.07) is 8.66. The van der Waals surface area contributed by atoms with Gasteiger partial charge < -0.3 is 15.4 Å². The van der Waals surface area contributed by atoms with Gasteiger partial charge in [0.2, 0.25) is 5.91 Å². The van der Waals surface area contributed by atoms with E-state index in [1.807, 2.05) is 12.1 Å². The summed E-state index contributed by atoms with van der Waals surface area (Å²) < 4.78 is 20.0. The average Bonchev–Trinajstić information content (AvgIpc) is 2.80. The molecular weight excluding hydrogens is 431 g/mol. The second-order valence-electron chi connectivity index (χ2n) is 8.01. The molecule has 0 spiro atoms. The van der Waals surface area contributed by atoms with Crippen LogP contribution in [0.4, 0.5) is 15.9 Å². The quantitative estimate of drug-likeness (QED) is 0.443. The highest BCUT2D eigenvalue weighted by atomic mass is 35.5. The number of methoxy groups -OCH3 is 1. The lowest BCUT2D eigenvalue weighted by Crippen LogP contribution is -2.36. The molecule has 32 heavy (non-hydrogen) atoms. The second-order valence-corrected chi connectivity index (χ2v) is 8.41. The van der Waals surface area contributed by atoms with Crippen LogP contribution < -0.4 is 15.4 Å². The molecule has 3 aromatic rings. The summed E-state index contributed by atoms with van der Waals surface area (Å²) in [6.07, 6.45) is 7.05. The van der Waals surface area contributed by atoms with E-state index in [4.69, 9.17) is 16.3 Å². The van der Waals surface area contributed by atoms with Gasteiger partial charge in [-0.25, -0.2) is 14.4 Å². The second kappa shape index (κ2) is 10.1. The number of nitrogens with one attached hydrogen (secondary N) is 2. The Bertz CT molecular complexity index is 1120. The van der Waals surface area contributed by atoms with Crippen LogP contribution in [0.5, 0.6) is 5.75 Å². The zero-order valence-electron chi connectivity index (χ0n) is 18.0. The highest BCUT2D eigenvalue weighted by molar-refractivity contribution is 6.31. The predicted octanol–water partition coefficient (Wildman–Crippen LogP) is 5.41. The van der Waals surface area contributed by atoms with E-state index in [1.54, 1.807) is 19.2 Å². The zero-order valence-corrected chi connectivity index (χ0v) is 18.7. The number of carbonyl (C=O) groups excluding carboxylic acids is 1. The van der Waals surface area contributed by atoms with E-state index in [2.05, 4.69) is 20.6 Å². The molecule has 1 aliphatic rings. The lowest BCUT2D eigenvalue weighted by molar-refractivity contribution is -0.126. The molecule has 1 aliphatic heterocycles. The van der Waals surface area contributed by atoms with Crippen molar-refractivity contribution in [1.29, 1.82) is 0 Å². The molecule has 0 radical (unpaired) electrons. The topological polar surface area (TPSA) is 76.1 Å². The number of halogens is 2. The van der Waals surface area contributed by atoms with E-state index in [1.165, 1.54) is 12.4 Å². The molecule has 168 valence electrons. The Balaban J connectivity index is 1.52. The molecule has 1 fully saturated rings. The van der Waals surface area contributed by atoms with Gasteiger partial charge >= 0.3 is 0 Å². The van der Waals surface area contributed by atoms with E-state index in [0.29, 0.717) is 11.3 Å². The van der Waals surface area contributed by atoms with Crippen molar-refractivity contribution in [2.24, 2.45) is 5.92 Å². The first-order valence-electron chi connectivity index (χ1n) is 10.9. The van der Waals surface area contributed by atoms with Crippen LogP contribution in [0.3, 0.4) is 0 Å². The number of benzene rings is 2. The van der Waals surface area contributed by atoms with Crippen molar-refractivity contribution in [3.63, 3.8) is 0 Å². The van der Waals surface area contributed by atoms with Gasteiger partial charge in [-0.05, 0) is 55.9 Å². The summed E-state index contributed by atoms with van der Waals surface area (Å²) in [5.74, 6) is 1.03. The minimum absolute atomic E-state index is 0.0439. The number of rotatable bonds is 8. The maximum absolute atomic E-state index is 14.4. The van der Waals surface area contributed by atoms with Crippen molar-refractivity contribution < 1.29 is 13.9 Å². The standard InChI is InChI=1S/C24H26ClFN4O2/c1-32-21-13-20-17(12-16(21)7-3-2-6-15-8-5-11-27-24(15)31)23(29-14-28-20)30-19-10-4-9-18(25)22(19)26/h4,9-10,12-15H,2-3,5-8,11H2,1H3,(H,27,31)(H,28,29,30)/t15-/m0/s1. The van der Waals surface area contributed by atoms with Crippen LogP contribution in [-0.4, -0.2) is 29.5 Å². The summed E-state index contributed by atoms with van der Waals surface area (Å²) in [4.78, 5) is 20.6. The SMILES string of the molecule is COc1cc2ncnc(Nc3cccc(Cl)c3F)c2cc1CCCC[C@H]1CCCNC1=O. The van der Waals surface area contributed by atoms with Gasteiger partial charge in [-0.2, -0.15) is 0 Å². The van der Waals surface area contributed by atoms with E-state index in [9.17, 15) is 9.18 Å². The molecule has 1 atom stereocenters. The monoisotopic (exact) mass is 456 g/mol. The Hall–Kier alpha value is -2.93. The molecule has 1 amide bonds. The number of piperidine rings is 1. The van der Waals surface area contributed by atoms with E-state index < -0.39 is 5.82 Å². The van der Waals surface area contributed by atoms with Crippen molar-refractivity contribution in [2.45, 2.75) is 38.5 Å². The maximum Gasteiger partial charge on any atom is 0.223 e. The number of nitrogens with zero attached hydrogens (tertiary/aromatic N) is 2. The maximum atomic E-state index is 14.4. The number of fused-ring (bicyclic) bond motifs is 1. The Morgan fingerprint density at radius 1 is 1.28 bits per heavy atom. The third-order valence-electron chi connectivity index (χ3n) is 5.89. The number of amides is 1. The minimum atomic E-state index is -0.526. The molecule has 2 heterocycles. The smallest absolute Gasteiger partial charge is 0.223 e. The molecule has 0 aliphatic carbocycles. The van der Waals surface area contributed by atoms with Crippen LogP contribution in [-0.2, 0) is 11.2 Å². The summed E-state index contributed by atoms with van der Waals surface area (Å²) >= 11 is 5.91. The highest BCUT2D eigenvalue weighted by Gasteiger charge is 2.21. The third kappa shape index (κ3) is 4.93. The number of unbranched alkanes of at least 4 members (excludes halogenated alkanes) is 1. The molecule has 0 unspecified atom stereocenters. The molecular formula is C24H26ClFN4O2. The van der Waals surface area contributed by atoms with Gasteiger partial charge in [-0.15, -0.1) is 0 Å². The number of aromatic nitrogens is 2.